The minimum Gasteiger partial charge on any atom is -0.464 e. The van der Waals surface area contributed by atoms with Crippen LogP contribution < -0.4 is 10.6 Å². The van der Waals surface area contributed by atoms with E-state index in [0.717, 1.165) is 0 Å². The molecule has 1 unspecified atom stereocenters. The van der Waals surface area contributed by atoms with Gasteiger partial charge in [-0.25, -0.2) is 9.59 Å². The van der Waals surface area contributed by atoms with Crippen LogP contribution in [0.25, 0.3) is 0 Å². The smallest absolute Gasteiger partial charge is 0.412 e. The zero-order valence-corrected chi connectivity index (χ0v) is 13.6. The second-order valence-corrected chi connectivity index (χ2v) is 5.67. The number of anilines is 2. The first-order valence-corrected chi connectivity index (χ1v) is 7.10. The van der Waals surface area contributed by atoms with E-state index < -0.39 is 17.7 Å². The van der Waals surface area contributed by atoms with Crippen molar-refractivity contribution in [2.75, 3.05) is 17.2 Å². The first-order valence-electron chi connectivity index (χ1n) is 7.10. The molecule has 0 aromatic carbocycles. The van der Waals surface area contributed by atoms with Gasteiger partial charge in [-0.1, -0.05) is 0 Å². The average molecular weight is 309 g/mol. The molecule has 0 aliphatic rings. The van der Waals surface area contributed by atoms with E-state index in [1.54, 1.807) is 40.7 Å². The first kappa shape index (κ1) is 17.7. The van der Waals surface area contributed by atoms with Crippen LogP contribution in [-0.2, 0) is 14.3 Å². The highest BCUT2D eigenvalue weighted by Gasteiger charge is 2.19. The fourth-order valence-electron chi connectivity index (χ4n) is 1.59. The Morgan fingerprint density at radius 3 is 2.59 bits per heavy atom. The summed E-state index contributed by atoms with van der Waals surface area (Å²) in [6.45, 7) is 9.05. The Hall–Kier alpha value is -2.31. The summed E-state index contributed by atoms with van der Waals surface area (Å²) in [6, 6.07) is 1.05. The first-order chi connectivity index (χ1) is 10.2. The molecule has 1 aromatic rings. The number of rotatable bonds is 5. The molecule has 1 rings (SSSR count). The third-order valence-electron chi connectivity index (χ3n) is 2.47. The van der Waals surface area contributed by atoms with Crippen LogP contribution in [0.2, 0.25) is 0 Å². The van der Waals surface area contributed by atoms with Crippen molar-refractivity contribution in [3.63, 3.8) is 0 Å². The fraction of sp³-hybridized carbons (Fsp3) is 0.533. The molecule has 1 aromatic heterocycles. The second-order valence-electron chi connectivity index (χ2n) is 5.67. The van der Waals surface area contributed by atoms with Gasteiger partial charge in [-0.05, 0) is 40.7 Å². The van der Waals surface area contributed by atoms with E-state index in [9.17, 15) is 9.59 Å². The Kier molecular flexibility index (Phi) is 6.15. The van der Waals surface area contributed by atoms with E-state index in [4.69, 9.17) is 9.47 Å². The van der Waals surface area contributed by atoms with Gasteiger partial charge in [0.05, 0.1) is 24.2 Å². The van der Waals surface area contributed by atoms with Crippen LogP contribution in [0.5, 0.6) is 0 Å². The van der Waals surface area contributed by atoms with E-state index in [-0.39, 0.29) is 5.97 Å². The van der Waals surface area contributed by atoms with Gasteiger partial charge in [0.1, 0.15) is 11.6 Å². The lowest BCUT2D eigenvalue weighted by Gasteiger charge is -2.21. The molecular formula is C15H23N3O4. The molecule has 0 saturated carbocycles. The van der Waals surface area contributed by atoms with Crippen molar-refractivity contribution >= 4 is 23.4 Å². The zero-order valence-electron chi connectivity index (χ0n) is 13.6. The molecule has 0 spiro atoms. The predicted octanol–water partition coefficient (Wildman–Crippen LogP) is 2.79. The number of nitrogens with zero attached hydrogens (tertiary/aromatic N) is 1. The molecule has 0 radical (unpaired) electrons. The predicted molar refractivity (Wildman–Crippen MR) is 83.8 cm³/mol. The van der Waals surface area contributed by atoms with Crippen molar-refractivity contribution < 1.29 is 19.1 Å². The Labute approximate surface area is 130 Å². The highest BCUT2D eigenvalue weighted by Crippen LogP contribution is 2.21. The number of amides is 1. The lowest BCUT2D eigenvalue weighted by atomic mass is 10.2. The van der Waals surface area contributed by atoms with E-state index in [1.807, 2.05) is 0 Å². The van der Waals surface area contributed by atoms with Crippen molar-refractivity contribution in [3.8, 4) is 0 Å². The molecule has 122 valence electrons. The molecule has 1 amide bonds. The summed E-state index contributed by atoms with van der Waals surface area (Å²) < 4.78 is 10.1. The van der Waals surface area contributed by atoms with Crippen molar-refractivity contribution in [3.05, 3.63) is 18.5 Å². The lowest BCUT2D eigenvalue weighted by molar-refractivity contribution is -0.143. The summed E-state index contributed by atoms with van der Waals surface area (Å²) in [6.07, 6.45) is 2.47. The maximum atomic E-state index is 11.8. The quantitative estimate of drug-likeness (QED) is 0.813. The zero-order chi connectivity index (χ0) is 16.8. The van der Waals surface area contributed by atoms with Crippen LogP contribution >= 0.6 is 0 Å². The van der Waals surface area contributed by atoms with Crippen molar-refractivity contribution in [1.82, 2.24) is 4.98 Å². The largest absolute Gasteiger partial charge is 0.464 e. The van der Waals surface area contributed by atoms with Gasteiger partial charge in [0, 0.05) is 6.20 Å². The van der Waals surface area contributed by atoms with Crippen molar-refractivity contribution in [2.24, 2.45) is 0 Å². The SMILES string of the molecule is CCOC(=O)C(C)Nc1cnccc1NC(=O)OC(C)(C)C. The Balaban J connectivity index is 2.77. The van der Waals surface area contributed by atoms with Gasteiger partial charge >= 0.3 is 12.1 Å². The van der Waals surface area contributed by atoms with Gasteiger partial charge in [0.25, 0.3) is 0 Å². The van der Waals surface area contributed by atoms with Crippen molar-refractivity contribution in [1.29, 1.82) is 0 Å². The summed E-state index contributed by atoms with van der Waals surface area (Å²) in [5.74, 6) is -0.380. The van der Waals surface area contributed by atoms with Crippen LogP contribution in [0.4, 0.5) is 16.2 Å². The van der Waals surface area contributed by atoms with Crippen LogP contribution in [0, 0.1) is 0 Å². The number of nitrogens with one attached hydrogen (secondary N) is 2. The van der Waals surface area contributed by atoms with Gasteiger partial charge < -0.3 is 14.8 Å². The Bertz CT molecular complexity index is 526. The molecule has 2 N–H and O–H groups in total. The molecule has 0 saturated heterocycles. The molecule has 7 nitrogen and oxygen atoms in total. The maximum absolute atomic E-state index is 11.8. The molecule has 0 aliphatic heterocycles. The minimum atomic E-state index is -0.594. The van der Waals surface area contributed by atoms with E-state index in [2.05, 4.69) is 15.6 Å². The molecule has 22 heavy (non-hydrogen) atoms. The number of hydrogen-bond donors (Lipinski definition) is 2. The summed E-state index contributed by atoms with van der Waals surface area (Å²) in [5, 5.41) is 5.58. The molecular weight excluding hydrogens is 286 g/mol. The topological polar surface area (TPSA) is 89.5 Å². The average Bonchev–Trinajstić information content (AvgIpc) is 2.39. The van der Waals surface area contributed by atoms with Gasteiger partial charge in [0.15, 0.2) is 0 Å². The standard InChI is InChI=1S/C15H23N3O4/c1-6-21-13(19)10(2)17-12-9-16-8-7-11(12)18-14(20)22-15(3,4)5/h7-10,17H,6H2,1-5H3,(H,16,18,20). The molecule has 1 heterocycles. The number of carbonyl (C=O) groups is 2. The number of carbonyl (C=O) groups excluding carboxylic acids is 2. The minimum absolute atomic E-state index is 0.306. The maximum Gasteiger partial charge on any atom is 0.412 e. The number of aromatic nitrogens is 1. The van der Waals surface area contributed by atoms with Crippen LogP contribution in [0.1, 0.15) is 34.6 Å². The highest BCUT2D eigenvalue weighted by atomic mass is 16.6. The Morgan fingerprint density at radius 1 is 1.32 bits per heavy atom. The molecule has 1 atom stereocenters. The fourth-order valence-corrected chi connectivity index (χ4v) is 1.59. The molecule has 0 bridgehead atoms. The summed E-state index contributed by atoms with van der Waals surface area (Å²) in [7, 11) is 0. The van der Waals surface area contributed by atoms with E-state index in [0.29, 0.717) is 18.0 Å². The van der Waals surface area contributed by atoms with Crippen molar-refractivity contribution in [2.45, 2.75) is 46.3 Å². The van der Waals surface area contributed by atoms with Gasteiger partial charge in [0.2, 0.25) is 0 Å². The second kappa shape index (κ2) is 7.63. The van der Waals surface area contributed by atoms with Gasteiger partial charge in [-0.2, -0.15) is 0 Å². The van der Waals surface area contributed by atoms with Crippen LogP contribution in [0.3, 0.4) is 0 Å². The monoisotopic (exact) mass is 309 g/mol. The highest BCUT2D eigenvalue weighted by molar-refractivity contribution is 5.90. The van der Waals surface area contributed by atoms with Gasteiger partial charge in [-0.3, -0.25) is 10.3 Å². The van der Waals surface area contributed by atoms with Crippen LogP contribution in [0.15, 0.2) is 18.5 Å². The summed E-state index contributed by atoms with van der Waals surface area (Å²) in [5.41, 5.74) is 0.387. The normalized spacial score (nSPS) is 12.2. The molecule has 0 aliphatic carbocycles. The summed E-state index contributed by atoms with van der Waals surface area (Å²) in [4.78, 5) is 27.5. The van der Waals surface area contributed by atoms with E-state index >= 15 is 0 Å². The summed E-state index contributed by atoms with van der Waals surface area (Å²) >= 11 is 0. The number of ether oxygens (including phenoxy) is 2. The number of hydrogen-bond acceptors (Lipinski definition) is 6. The van der Waals surface area contributed by atoms with Crippen LogP contribution in [-0.4, -0.2) is 35.3 Å². The number of pyridine rings is 1. The third kappa shape index (κ3) is 5.99. The lowest BCUT2D eigenvalue weighted by Crippen LogP contribution is -2.30. The van der Waals surface area contributed by atoms with E-state index in [1.165, 1.54) is 12.4 Å². The van der Waals surface area contributed by atoms with Gasteiger partial charge in [-0.15, -0.1) is 0 Å². The molecule has 7 heteroatoms. The third-order valence-corrected chi connectivity index (χ3v) is 2.47. The number of esters is 1. The molecule has 0 fully saturated rings. The Morgan fingerprint density at radius 2 is 2.00 bits per heavy atom.